The predicted molar refractivity (Wildman–Crippen MR) is 127 cm³/mol. The topological polar surface area (TPSA) is 90.3 Å². The first-order valence-corrected chi connectivity index (χ1v) is 12.8. The van der Waals surface area contributed by atoms with Gasteiger partial charge >= 0.3 is 0 Å². The van der Waals surface area contributed by atoms with Crippen molar-refractivity contribution in [2.75, 3.05) is 6.61 Å². The molecule has 0 saturated carbocycles. The van der Waals surface area contributed by atoms with Gasteiger partial charge in [-0.2, -0.15) is 13.5 Å². The molecule has 1 amide bonds. The third-order valence-electron chi connectivity index (χ3n) is 5.80. The number of hydrogen-bond acceptors (Lipinski definition) is 5. The van der Waals surface area contributed by atoms with Gasteiger partial charge in [-0.05, 0) is 65.6 Å². The molecule has 1 N–H and O–H groups in total. The minimum Gasteiger partial charge on any atom is -0.494 e. The van der Waals surface area contributed by atoms with Crippen LogP contribution in [-0.4, -0.2) is 30.7 Å². The fraction of sp³-hybridized carbons (Fsp3) is 0.360. The Morgan fingerprint density at radius 2 is 1.88 bits per heavy atom. The van der Waals surface area contributed by atoms with Gasteiger partial charge in [-0.25, -0.2) is 4.72 Å². The van der Waals surface area contributed by atoms with Crippen LogP contribution in [0.1, 0.15) is 50.2 Å². The molecule has 174 valence electrons. The van der Waals surface area contributed by atoms with E-state index >= 15 is 0 Å². The Balaban J connectivity index is 1.77. The Bertz CT molecular complexity index is 1250. The van der Waals surface area contributed by atoms with Gasteiger partial charge in [-0.3, -0.25) is 9.48 Å². The largest absolute Gasteiger partial charge is 0.494 e. The van der Waals surface area contributed by atoms with Gasteiger partial charge in [0.25, 0.3) is 10.0 Å². The van der Waals surface area contributed by atoms with Crippen LogP contribution >= 0.6 is 0 Å². The third kappa shape index (κ3) is 5.27. The van der Waals surface area contributed by atoms with Crippen LogP contribution in [0.4, 0.5) is 0 Å². The van der Waals surface area contributed by atoms with E-state index in [-0.39, 0.29) is 17.4 Å². The summed E-state index contributed by atoms with van der Waals surface area (Å²) in [7, 11) is -4.03. The zero-order chi connectivity index (χ0) is 23.4. The number of fused-ring (bicyclic) bond motifs is 5. The molecule has 2 heterocycles. The van der Waals surface area contributed by atoms with E-state index in [9.17, 15) is 13.2 Å². The third-order valence-corrected chi connectivity index (χ3v) is 7.19. The molecule has 0 unspecified atom stereocenters. The van der Waals surface area contributed by atoms with Crippen molar-refractivity contribution >= 4 is 15.9 Å². The second-order valence-electron chi connectivity index (χ2n) is 8.56. The summed E-state index contributed by atoms with van der Waals surface area (Å²) in [5, 5.41) is 4.14. The van der Waals surface area contributed by atoms with E-state index in [0.717, 1.165) is 47.3 Å². The van der Waals surface area contributed by atoms with E-state index in [0.29, 0.717) is 13.2 Å². The smallest absolute Gasteiger partial charge is 0.281 e. The molecule has 33 heavy (non-hydrogen) atoms. The second-order valence-corrected chi connectivity index (χ2v) is 10.2. The van der Waals surface area contributed by atoms with Crippen molar-refractivity contribution in [3.8, 4) is 16.9 Å². The highest BCUT2D eigenvalue weighted by Gasteiger charge is 2.24. The number of rotatable bonds is 1. The van der Waals surface area contributed by atoms with E-state index in [2.05, 4.69) is 23.7 Å². The molecule has 7 nitrogen and oxygen atoms in total. The molecule has 4 rings (SSSR count). The molecule has 1 aliphatic heterocycles. The lowest BCUT2D eigenvalue weighted by Crippen LogP contribution is -2.33. The number of ether oxygens (including phenoxy) is 1. The van der Waals surface area contributed by atoms with E-state index in [1.807, 2.05) is 42.5 Å². The normalized spacial score (nSPS) is 16.8. The van der Waals surface area contributed by atoms with Gasteiger partial charge in [0, 0.05) is 6.54 Å². The first kappa shape index (κ1) is 23.0. The average molecular weight is 468 g/mol. The zero-order valence-electron chi connectivity index (χ0n) is 19.0. The van der Waals surface area contributed by atoms with Crippen molar-refractivity contribution in [2.24, 2.45) is 0 Å². The van der Waals surface area contributed by atoms with Gasteiger partial charge in [0.05, 0.1) is 19.2 Å². The molecule has 1 aliphatic rings. The minimum absolute atomic E-state index is 0.000406. The maximum atomic E-state index is 13.0. The van der Waals surface area contributed by atoms with Crippen LogP contribution in [-0.2, 0) is 27.8 Å². The first-order chi connectivity index (χ1) is 15.8. The van der Waals surface area contributed by atoms with E-state index in [1.165, 1.54) is 16.9 Å². The molecule has 0 atom stereocenters. The Morgan fingerprint density at radius 3 is 2.70 bits per heavy atom. The Labute approximate surface area is 194 Å². The highest BCUT2D eigenvalue weighted by atomic mass is 32.2. The second kappa shape index (κ2) is 9.79. The number of nitrogens with one attached hydrogen (secondary N) is 1. The van der Waals surface area contributed by atoms with Crippen LogP contribution in [0.3, 0.4) is 0 Å². The van der Waals surface area contributed by atoms with Crippen molar-refractivity contribution in [1.29, 1.82) is 0 Å². The van der Waals surface area contributed by atoms with Crippen molar-refractivity contribution in [2.45, 2.75) is 57.0 Å². The van der Waals surface area contributed by atoms with Crippen molar-refractivity contribution in [3.05, 3.63) is 65.9 Å². The van der Waals surface area contributed by atoms with Crippen LogP contribution in [0, 0.1) is 0 Å². The molecule has 2 bridgehead atoms. The quantitative estimate of drug-likeness (QED) is 0.577. The maximum absolute atomic E-state index is 13.0. The maximum Gasteiger partial charge on any atom is 0.281 e. The SMILES string of the molecule is CC(C)c1cccc2c1CC(=O)NS(=O)(=O)c1ccnn1CCCCCOc1cccc-2c1. The Morgan fingerprint density at radius 1 is 1.06 bits per heavy atom. The number of aryl methyl sites for hydroxylation is 1. The summed E-state index contributed by atoms with van der Waals surface area (Å²) in [6.45, 7) is 5.15. The molecule has 0 spiro atoms. The van der Waals surface area contributed by atoms with Crippen LogP contribution < -0.4 is 9.46 Å². The molecule has 0 radical (unpaired) electrons. The molecular formula is C25H29N3O4S. The van der Waals surface area contributed by atoms with Crippen LogP contribution in [0.2, 0.25) is 0 Å². The summed E-state index contributed by atoms with van der Waals surface area (Å²) in [5.41, 5.74) is 3.65. The minimum atomic E-state index is -4.03. The first-order valence-electron chi connectivity index (χ1n) is 11.3. The van der Waals surface area contributed by atoms with Gasteiger partial charge in [0.1, 0.15) is 5.75 Å². The number of nitrogens with zero attached hydrogens (tertiary/aromatic N) is 2. The summed E-state index contributed by atoms with van der Waals surface area (Å²) in [4.78, 5) is 13.0. The van der Waals surface area contributed by atoms with Crippen LogP contribution in [0.15, 0.2) is 59.8 Å². The summed E-state index contributed by atoms with van der Waals surface area (Å²) in [5.74, 6) is 0.368. The number of carbonyl (C=O) groups is 1. The molecule has 0 aliphatic carbocycles. The molecule has 2 aromatic carbocycles. The fourth-order valence-corrected chi connectivity index (χ4v) is 5.35. The lowest BCUT2D eigenvalue weighted by Gasteiger charge is -2.18. The predicted octanol–water partition coefficient (Wildman–Crippen LogP) is 4.28. The molecular weight excluding hydrogens is 438 g/mol. The van der Waals surface area contributed by atoms with Crippen LogP contribution in [0.5, 0.6) is 5.75 Å². The Hall–Kier alpha value is -3.13. The monoisotopic (exact) mass is 467 g/mol. The number of amides is 1. The highest BCUT2D eigenvalue weighted by molar-refractivity contribution is 7.90. The van der Waals surface area contributed by atoms with Gasteiger partial charge in [0.2, 0.25) is 5.91 Å². The van der Waals surface area contributed by atoms with Gasteiger partial charge in [-0.15, -0.1) is 0 Å². The number of sulfonamides is 1. The molecule has 3 aromatic rings. The standard InChI is InChI=1S/C25H29N3O4S/c1-18(2)21-10-7-11-22-19-8-6-9-20(16-19)32-15-5-3-4-14-28-25(12-13-26-28)33(30,31)27-24(29)17-23(21)22/h6-13,16,18H,3-5,14-15,17H2,1-2H3,(H,27,29). The summed E-state index contributed by atoms with van der Waals surface area (Å²) in [6, 6.07) is 15.2. The van der Waals surface area contributed by atoms with Crippen molar-refractivity contribution in [1.82, 2.24) is 14.5 Å². The molecule has 1 aromatic heterocycles. The zero-order valence-corrected chi connectivity index (χ0v) is 19.8. The van der Waals surface area contributed by atoms with E-state index in [1.54, 1.807) is 0 Å². The summed E-state index contributed by atoms with van der Waals surface area (Å²) >= 11 is 0. The number of benzene rings is 2. The summed E-state index contributed by atoms with van der Waals surface area (Å²) < 4.78 is 35.6. The van der Waals surface area contributed by atoms with E-state index < -0.39 is 15.9 Å². The number of aromatic nitrogens is 2. The lowest BCUT2D eigenvalue weighted by atomic mass is 9.88. The average Bonchev–Trinajstić information content (AvgIpc) is 3.25. The molecule has 0 saturated heterocycles. The van der Waals surface area contributed by atoms with Crippen LogP contribution in [0.25, 0.3) is 11.1 Å². The van der Waals surface area contributed by atoms with E-state index in [4.69, 9.17) is 4.74 Å². The number of hydrogen-bond donors (Lipinski definition) is 1. The Kier molecular flexibility index (Phi) is 6.83. The van der Waals surface area contributed by atoms with Gasteiger partial charge < -0.3 is 4.74 Å². The van der Waals surface area contributed by atoms with Gasteiger partial charge in [-0.1, -0.05) is 44.2 Å². The number of carbonyl (C=O) groups excluding carboxylic acids is 1. The molecule has 8 heteroatoms. The fourth-order valence-electron chi connectivity index (χ4n) is 4.21. The molecule has 0 fully saturated rings. The summed E-state index contributed by atoms with van der Waals surface area (Å²) in [6.07, 6.45) is 3.86. The van der Waals surface area contributed by atoms with Crippen molar-refractivity contribution < 1.29 is 17.9 Å². The highest BCUT2D eigenvalue weighted by Crippen LogP contribution is 2.32. The van der Waals surface area contributed by atoms with Crippen molar-refractivity contribution in [3.63, 3.8) is 0 Å². The van der Waals surface area contributed by atoms with Gasteiger partial charge in [0.15, 0.2) is 5.03 Å². The lowest BCUT2D eigenvalue weighted by molar-refractivity contribution is -0.118.